The quantitative estimate of drug-likeness (QED) is 0.749. The highest BCUT2D eigenvalue weighted by Gasteiger charge is 2.52. The molecule has 0 spiro atoms. The predicted molar refractivity (Wildman–Crippen MR) is 83.7 cm³/mol. The molecule has 1 N–H and O–H groups in total. The van der Waals surface area contributed by atoms with Gasteiger partial charge in [0.15, 0.2) is 10.8 Å². The summed E-state index contributed by atoms with van der Waals surface area (Å²) in [6, 6.07) is 6.04. The molecule has 0 radical (unpaired) electrons. The number of hydrogen-bond acceptors (Lipinski definition) is 4. The van der Waals surface area contributed by atoms with Crippen LogP contribution in [0.15, 0.2) is 35.2 Å². The molecule has 2 atom stereocenters. The Morgan fingerprint density at radius 3 is 2.54 bits per heavy atom. The summed E-state index contributed by atoms with van der Waals surface area (Å²) in [5, 5.41) is 18.7. The van der Waals surface area contributed by atoms with Crippen LogP contribution in [0.1, 0.15) is 22.8 Å². The standard InChI is InChI=1S/C17H9F6NO3S/c18-9-3-8(7-24)4-10(5-9)27-12-1-2-13(28(26)17(21,22)23)14-11(12)6-16(19,20)15(14)25/h1-5,15,25H,6H2. The van der Waals surface area contributed by atoms with Gasteiger partial charge in [0.25, 0.3) is 5.92 Å². The van der Waals surface area contributed by atoms with Crippen LogP contribution < -0.4 is 4.74 Å². The molecule has 28 heavy (non-hydrogen) atoms. The van der Waals surface area contributed by atoms with Crippen molar-refractivity contribution in [2.75, 3.05) is 0 Å². The first-order valence-electron chi connectivity index (χ1n) is 7.53. The smallest absolute Gasteiger partial charge is 0.457 e. The molecule has 2 unspecified atom stereocenters. The lowest BCUT2D eigenvalue weighted by Crippen LogP contribution is -2.23. The minimum absolute atomic E-state index is 0.133. The van der Waals surface area contributed by atoms with Gasteiger partial charge in [0.1, 0.15) is 23.4 Å². The van der Waals surface area contributed by atoms with Crippen molar-refractivity contribution in [3.05, 3.63) is 52.8 Å². The van der Waals surface area contributed by atoms with Crippen LogP contribution in [0, 0.1) is 17.1 Å². The molecule has 0 fully saturated rings. The van der Waals surface area contributed by atoms with Crippen LogP contribution in [0.3, 0.4) is 0 Å². The maximum Gasteiger partial charge on any atom is 0.475 e. The molecular weight excluding hydrogens is 412 g/mol. The molecule has 11 heteroatoms. The normalized spacial score (nSPS) is 19.0. The van der Waals surface area contributed by atoms with Crippen molar-refractivity contribution >= 4 is 10.8 Å². The largest absolute Gasteiger partial charge is 0.475 e. The zero-order valence-corrected chi connectivity index (χ0v) is 14.4. The van der Waals surface area contributed by atoms with E-state index in [1.54, 1.807) is 6.07 Å². The Morgan fingerprint density at radius 2 is 1.93 bits per heavy atom. The van der Waals surface area contributed by atoms with E-state index in [1.165, 1.54) is 0 Å². The maximum absolute atomic E-state index is 14.0. The topological polar surface area (TPSA) is 70.3 Å². The van der Waals surface area contributed by atoms with E-state index >= 15 is 0 Å². The average molecular weight is 421 g/mol. The molecule has 0 aliphatic heterocycles. The molecule has 0 aromatic heterocycles. The Balaban J connectivity index is 2.12. The number of ether oxygens (including phenoxy) is 1. The second kappa shape index (κ2) is 6.79. The van der Waals surface area contributed by atoms with E-state index in [9.17, 15) is 35.7 Å². The van der Waals surface area contributed by atoms with Crippen LogP contribution in [0.4, 0.5) is 26.3 Å². The summed E-state index contributed by atoms with van der Waals surface area (Å²) >= 11 is 0. The fraction of sp³-hybridized carbons (Fsp3) is 0.235. The fourth-order valence-corrected chi connectivity index (χ4v) is 3.72. The summed E-state index contributed by atoms with van der Waals surface area (Å²) < 4.78 is 96.9. The Labute approximate surface area is 156 Å². The number of hydrogen-bond donors (Lipinski definition) is 1. The van der Waals surface area contributed by atoms with E-state index in [2.05, 4.69) is 0 Å². The van der Waals surface area contributed by atoms with Crippen LogP contribution in [0.25, 0.3) is 0 Å². The van der Waals surface area contributed by atoms with Crippen molar-refractivity contribution in [1.82, 2.24) is 0 Å². The zero-order chi connectivity index (χ0) is 20.9. The minimum atomic E-state index is -5.22. The summed E-state index contributed by atoms with van der Waals surface area (Å²) in [6.45, 7) is 0. The average Bonchev–Trinajstić information content (AvgIpc) is 2.84. The number of nitrogens with zero attached hydrogens (tertiary/aromatic N) is 1. The number of aliphatic hydroxyl groups is 1. The highest BCUT2D eigenvalue weighted by molar-refractivity contribution is 7.86. The third kappa shape index (κ3) is 3.57. The van der Waals surface area contributed by atoms with E-state index in [4.69, 9.17) is 10.00 Å². The van der Waals surface area contributed by atoms with Gasteiger partial charge in [0.2, 0.25) is 0 Å². The van der Waals surface area contributed by atoms with Crippen molar-refractivity contribution < 1.29 is 40.4 Å². The zero-order valence-electron chi connectivity index (χ0n) is 13.6. The molecule has 2 aromatic carbocycles. The summed E-state index contributed by atoms with van der Waals surface area (Å²) in [6.07, 6.45) is -3.78. The molecule has 1 aliphatic carbocycles. The third-order valence-electron chi connectivity index (χ3n) is 4.00. The molecule has 4 nitrogen and oxygen atoms in total. The van der Waals surface area contributed by atoms with Gasteiger partial charge < -0.3 is 9.84 Å². The number of nitriles is 1. The molecule has 0 bridgehead atoms. The Kier molecular flexibility index (Phi) is 4.89. The Bertz CT molecular complexity index is 1020. The second-order valence-corrected chi connectivity index (χ2v) is 7.34. The highest BCUT2D eigenvalue weighted by atomic mass is 32.2. The lowest BCUT2D eigenvalue weighted by atomic mass is 10.1. The second-order valence-electron chi connectivity index (χ2n) is 5.90. The van der Waals surface area contributed by atoms with Gasteiger partial charge in [-0.15, -0.1) is 0 Å². The predicted octanol–water partition coefficient (Wildman–Crippen LogP) is 4.34. The molecule has 0 amide bonds. The number of aliphatic hydroxyl groups excluding tert-OH is 1. The van der Waals surface area contributed by atoms with Crippen molar-refractivity contribution in [3.8, 4) is 17.6 Å². The number of rotatable bonds is 3. The molecule has 0 saturated heterocycles. The van der Waals surface area contributed by atoms with E-state index < -0.39 is 56.6 Å². The summed E-state index contributed by atoms with van der Waals surface area (Å²) in [5.74, 6) is -5.30. The van der Waals surface area contributed by atoms with Gasteiger partial charge in [0.05, 0.1) is 16.5 Å². The monoisotopic (exact) mass is 421 g/mol. The molecular formula is C17H9F6NO3S. The number of alkyl halides is 5. The van der Waals surface area contributed by atoms with E-state index in [0.29, 0.717) is 6.07 Å². The third-order valence-corrected chi connectivity index (χ3v) is 5.17. The SMILES string of the molecule is N#Cc1cc(F)cc(Oc2ccc(S(=O)C(F)(F)F)c3c2CC(F)(F)C3O)c1. The van der Waals surface area contributed by atoms with Crippen molar-refractivity contribution in [2.24, 2.45) is 0 Å². The molecule has 148 valence electrons. The van der Waals surface area contributed by atoms with E-state index in [0.717, 1.165) is 24.3 Å². The summed E-state index contributed by atoms with van der Waals surface area (Å²) in [7, 11) is -3.65. The van der Waals surface area contributed by atoms with Gasteiger partial charge in [-0.25, -0.2) is 17.4 Å². The number of benzene rings is 2. The van der Waals surface area contributed by atoms with Crippen molar-refractivity contribution in [1.29, 1.82) is 5.26 Å². The van der Waals surface area contributed by atoms with Crippen LogP contribution in [-0.4, -0.2) is 20.7 Å². The first kappa shape index (κ1) is 20.2. The Morgan fingerprint density at radius 1 is 1.25 bits per heavy atom. The van der Waals surface area contributed by atoms with Gasteiger partial charge in [-0.2, -0.15) is 18.4 Å². The first-order valence-corrected chi connectivity index (χ1v) is 8.68. The first-order chi connectivity index (χ1) is 12.9. The van der Waals surface area contributed by atoms with E-state index in [1.807, 2.05) is 0 Å². The minimum Gasteiger partial charge on any atom is -0.457 e. The molecule has 0 heterocycles. The van der Waals surface area contributed by atoms with Gasteiger partial charge in [-0.3, -0.25) is 0 Å². The number of fused-ring (bicyclic) bond motifs is 1. The Hall–Kier alpha value is -2.58. The molecule has 0 saturated carbocycles. The van der Waals surface area contributed by atoms with E-state index in [-0.39, 0.29) is 17.1 Å². The highest BCUT2D eigenvalue weighted by Crippen LogP contribution is 2.50. The maximum atomic E-state index is 14.0. The number of halogens is 6. The summed E-state index contributed by atoms with van der Waals surface area (Å²) in [4.78, 5) is -1.00. The molecule has 1 aliphatic rings. The molecule has 3 rings (SSSR count). The van der Waals surface area contributed by atoms with Crippen LogP contribution in [0.5, 0.6) is 11.5 Å². The van der Waals surface area contributed by atoms with Crippen LogP contribution >= 0.6 is 0 Å². The van der Waals surface area contributed by atoms with Gasteiger partial charge in [-0.1, -0.05) is 0 Å². The van der Waals surface area contributed by atoms with Crippen LogP contribution in [-0.2, 0) is 17.2 Å². The van der Waals surface area contributed by atoms with Crippen molar-refractivity contribution in [3.63, 3.8) is 0 Å². The van der Waals surface area contributed by atoms with Gasteiger partial charge in [0, 0.05) is 23.6 Å². The fourth-order valence-electron chi connectivity index (χ4n) is 2.84. The van der Waals surface area contributed by atoms with Gasteiger partial charge >= 0.3 is 5.51 Å². The van der Waals surface area contributed by atoms with Crippen LogP contribution in [0.2, 0.25) is 0 Å². The summed E-state index contributed by atoms with van der Waals surface area (Å²) in [5.41, 5.74) is -6.67. The van der Waals surface area contributed by atoms with Crippen molar-refractivity contribution in [2.45, 2.75) is 28.9 Å². The van der Waals surface area contributed by atoms with Gasteiger partial charge in [-0.05, 0) is 24.3 Å². The lowest BCUT2D eigenvalue weighted by Gasteiger charge is -2.17. The molecule has 2 aromatic rings. The lowest BCUT2D eigenvalue weighted by molar-refractivity contribution is -0.0977.